The molecule has 0 aromatic heterocycles. The van der Waals surface area contributed by atoms with E-state index in [-0.39, 0.29) is 19.0 Å². The second kappa shape index (κ2) is 8.51. The van der Waals surface area contributed by atoms with Crippen molar-refractivity contribution in [2.75, 3.05) is 6.61 Å². The largest absolute Gasteiger partial charge is 0.464 e. The van der Waals surface area contributed by atoms with Gasteiger partial charge in [-0.25, -0.2) is 9.18 Å². The average Bonchev–Trinajstić information content (AvgIpc) is 2.54. The monoisotopic (exact) mass is 323 g/mol. The van der Waals surface area contributed by atoms with Crippen molar-refractivity contribution in [2.24, 2.45) is 5.73 Å². The van der Waals surface area contributed by atoms with Crippen molar-refractivity contribution in [1.29, 1.82) is 0 Å². The molecule has 0 aliphatic rings. The molecule has 0 radical (unpaired) electrons. The molecule has 0 saturated carbocycles. The summed E-state index contributed by atoms with van der Waals surface area (Å²) < 4.78 is 18.7. The van der Waals surface area contributed by atoms with Gasteiger partial charge in [-0.15, -0.1) is 12.4 Å². The second-order valence-corrected chi connectivity index (χ2v) is 4.67. The Morgan fingerprint density at radius 3 is 2.41 bits per heavy atom. The molecule has 0 amide bonds. The molecule has 2 aromatic rings. The number of alkyl halides is 1. The number of rotatable bonds is 5. The van der Waals surface area contributed by atoms with Crippen molar-refractivity contribution in [3.8, 4) is 11.1 Å². The van der Waals surface area contributed by atoms with Gasteiger partial charge in [-0.05, 0) is 29.7 Å². The van der Waals surface area contributed by atoms with Gasteiger partial charge in [0.15, 0.2) is 0 Å². The van der Waals surface area contributed by atoms with Gasteiger partial charge in [0.2, 0.25) is 6.17 Å². The molecule has 1 unspecified atom stereocenters. The summed E-state index contributed by atoms with van der Waals surface area (Å²) in [6.07, 6.45) is -1.86. The van der Waals surface area contributed by atoms with Crippen molar-refractivity contribution < 1.29 is 13.9 Å². The van der Waals surface area contributed by atoms with Crippen LogP contribution >= 0.6 is 12.4 Å². The van der Waals surface area contributed by atoms with Crippen LogP contribution in [0, 0.1) is 0 Å². The Balaban J connectivity index is 0.00000242. The molecule has 0 saturated heterocycles. The van der Waals surface area contributed by atoms with Crippen LogP contribution in [0.1, 0.15) is 18.5 Å². The lowest BCUT2D eigenvalue weighted by molar-refractivity contribution is -0.149. The molecule has 118 valence electrons. The number of halogens is 2. The maximum Gasteiger partial charge on any atom is 0.342 e. The van der Waals surface area contributed by atoms with Gasteiger partial charge in [0, 0.05) is 0 Å². The van der Waals surface area contributed by atoms with Crippen LogP contribution in [0.15, 0.2) is 54.6 Å². The van der Waals surface area contributed by atoms with E-state index in [4.69, 9.17) is 5.73 Å². The van der Waals surface area contributed by atoms with E-state index in [0.29, 0.717) is 5.56 Å². The third-order valence-electron chi connectivity index (χ3n) is 3.21. The number of nitrogens with two attached hydrogens (primary N) is 1. The summed E-state index contributed by atoms with van der Waals surface area (Å²) in [5.74, 6) is -0.921. The standard InChI is InChI=1S/C17H18FNO2.ClH/c1-2-21-17(20)15(18)16(19)14-10-6-9-13(11-14)12-7-4-3-5-8-12;/h3-11,15-16H,2,19H2,1H3;1H/t15?,16-;/m1./s1. The summed E-state index contributed by atoms with van der Waals surface area (Å²) in [5, 5.41) is 0. The van der Waals surface area contributed by atoms with E-state index in [0.717, 1.165) is 11.1 Å². The first-order chi connectivity index (χ1) is 10.1. The van der Waals surface area contributed by atoms with Crippen LogP contribution in [0.25, 0.3) is 11.1 Å². The first kappa shape index (κ1) is 18.1. The van der Waals surface area contributed by atoms with Gasteiger partial charge in [-0.2, -0.15) is 0 Å². The summed E-state index contributed by atoms with van der Waals surface area (Å²) in [7, 11) is 0. The van der Waals surface area contributed by atoms with Crippen LogP contribution in [0.4, 0.5) is 4.39 Å². The molecular weight excluding hydrogens is 305 g/mol. The number of esters is 1. The number of ether oxygens (including phenoxy) is 1. The molecule has 0 heterocycles. The number of carbonyl (C=O) groups excluding carboxylic acids is 1. The summed E-state index contributed by atoms with van der Waals surface area (Å²) >= 11 is 0. The Hall–Kier alpha value is -1.91. The molecule has 2 N–H and O–H groups in total. The van der Waals surface area contributed by atoms with Crippen molar-refractivity contribution in [1.82, 2.24) is 0 Å². The zero-order chi connectivity index (χ0) is 15.2. The van der Waals surface area contributed by atoms with Gasteiger partial charge >= 0.3 is 5.97 Å². The van der Waals surface area contributed by atoms with E-state index in [2.05, 4.69) is 4.74 Å². The van der Waals surface area contributed by atoms with Crippen molar-refractivity contribution in [2.45, 2.75) is 19.1 Å². The molecule has 5 heteroatoms. The molecule has 2 atom stereocenters. The lowest BCUT2D eigenvalue weighted by Gasteiger charge is -2.16. The van der Waals surface area contributed by atoms with E-state index >= 15 is 0 Å². The minimum absolute atomic E-state index is 0. The Morgan fingerprint density at radius 2 is 1.77 bits per heavy atom. The predicted molar refractivity (Wildman–Crippen MR) is 87.6 cm³/mol. The summed E-state index contributed by atoms with van der Waals surface area (Å²) in [6, 6.07) is 15.9. The van der Waals surface area contributed by atoms with Crippen LogP contribution in [0.3, 0.4) is 0 Å². The smallest absolute Gasteiger partial charge is 0.342 e. The molecule has 2 rings (SSSR count). The minimum Gasteiger partial charge on any atom is -0.464 e. The summed E-state index contributed by atoms with van der Waals surface area (Å²) in [4.78, 5) is 11.4. The fourth-order valence-corrected chi connectivity index (χ4v) is 2.09. The van der Waals surface area contributed by atoms with Gasteiger partial charge in [-0.1, -0.05) is 48.5 Å². The number of hydrogen-bond acceptors (Lipinski definition) is 3. The Bertz CT molecular complexity index is 607. The number of carbonyl (C=O) groups is 1. The zero-order valence-corrected chi connectivity index (χ0v) is 13.1. The molecule has 3 nitrogen and oxygen atoms in total. The van der Waals surface area contributed by atoms with Crippen LogP contribution in [-0.4, -0.2) is 18.7 Å². The summed E-state index contributed by atoms with van der Waals surface area (Å²) in [5.41, 5.74) is 8.35. The van der Waals surface area contributed by atoms with Gasteiger partial charge in [0.05, 0.1) is 12.6 Å². The van der Waals surface area contributed by atoms with Crippen LogP contribution < -0.4 is 5.73 Å². The number of hydrogen-bond donors (Lipinski definition) is 1. The first-order valence-electron chi connectivity index (χ1n) is 6.85. The van der Waals surface area contributed by atoms with Gasteiger partial charge in [-0.3, -0.25) is 0 Å². The Morgan fingerprint density at radius 1 is 1.14 bits per heavy atom. The molecule has 2 aromatic carbocycles. The highest BCUT2D eigenvalue weighted by Crippen LogP contribution is 2.25. The molecule has 22 heavy (non-hydrogen) atoms. The first-order valence-corrected chi connectivity index (χ1v) is 6.85. The van der Waals surface area contributed by atoms with Crippen LogP contribution in [-0.2, 0) is 9.53 Å². The highest BCUT2D eigenvalue weighted by Gasteiger charge is 2.27. The van der Waals surface area contributed by atoms with E-state index in [1.54, 1.807) is 25.1 Å². The molecule has 0 spiro atoms. The molecule has 0 aliphatic heterocycles. The molecule has 0 aliphatic carbocycles. The zero-order valence-electron chi connectivity index (χ0n) is 12.2. The molecule has 0 fully saturated rings. The molecular formula is C17H19ClFNO2. The SMILES string of the molecule is CCOC(=O)C(F)[C@H](N)c1cccc(-c2ccccc2)c1.Cl. The van der Waals surface area contributed by atoms with Gasteiger partial charge in [0.25, 0.3) is 0 Å². The fourth-order valence-electron chi connectivity index (χ4n) is 2.09. The van der Waals surface area contributed by atoms with Crippen molar-refractivity contribution in [3.05, 3.63) is 60.2 Å². The fraction of sp³-hybridized carbons (Fsp3) is 0.235. The Labute approximate surface area is 135 Å². The van der Waals surface area contributed by atoms with E-state index < -0.39 is 18.2 Å². The van der Waals surface area contributed by atoms with E-state index in [1.165, 1.54) is 0 Å². The average molecular weight is 324 g/mol. The van der Waals surface area contributed by atoms with Gasteiger partial charge < -0.3 is 10.5 Å². The predicted octanol–water partition coefficient (Wildman–Crippen LogP) is 3.68. The highest BCUT2D eigenvalue weighted by atomic mass is 35.5. The van der Waals surface area contributed by atoms with E-state index in [9.17, 15) is 9.18 Å². The van der Waals surface area contributed by atoms with Crippen molar-refractivity contribution >= 4 is 18.4 Å². The number of benzene rings is 2. The highest BCUT2D eigenvalue weighted by molar-refractivity contribution is 5.85. The summed E-state index contributed by atoms with van der Waals surface area (Å²) in [6.45, 7) is 1.77. The maximum absolute atomic E-state index is 14.0. The van der Waals surface area contributed by atoms with E-state index in [1.807, 2.05) is 36.4 Å². The van der Waals surface area contributed by atoms with Gasteiger partial charge in [0.1, 0.15) is 0 Å². The Kier molecular flexibility index (Phi) is 7.02. The third kappa shape index (κ3) is 4.29. The lowest BCUT2D eigenvalue weighted by atomic mass is 9.97. The molecule has 0 bridgehead atoms. The lowest BCUT2D eigenvalue weighted by Crippen LogP contribution is -2.31. The van der Waals surface area contributed by atoms with Crippen LogP contribution in [0.2, 0.25) is 0 Å². The maximum atomic E-state index is 14.0. The minimum atomic E-state index is -1.86. The van der Waals surface area contributed by atoms with Crippen molar-refractivity contribution in [3.63, 3.8) is 0 Å². The quantitative estimate of drug-likeness (QED) is 0.854. The van der Waals surface area contributed by atoms with Crippen LogP contribution in [0.5, 0.6) is 0 Å². The second-order valence-electron chi connectivity index (χ2n) is 4.67. The topological polar surface area (TPSA) is 52.3 Å². The third-order valence-corrected chi connectivity index (χ3v) is 3.21. The normalized spacial score (nSPS) is 12.9.